The summed E-state index contributed by atoms with van der Waals surface area (Å²) >= 11 is 3.40. The van der Waals surface area contributed by atoms with Gasteiger partial charge in [0.25, 0.3) is 5.91 Å². The van der Waals surface area contributed by atoms with Crippen molar-refractivity contribution in [3.05, 3.63) is 51.8 Å². The number of hydrogen-bond acceptors (Lipinski definition) is 1. The Morgan fingerprint density at radius 2 is 1.84 bits per heavy atom. The van der Waals surface area contributed by atoms with Crippen molar-refractivity contribution < 1.29 is 4.79 Å². The first kappa shape index (κ1) is 13.9. The molecule has 1 heterocycles. The molecule has 1 aromatic heterocycles. The fourth-order valence-corrected chi connectivity index (χ4v) is 2.63. The molecule has 0 aliphatic heterocycles. The molecule has 100 valence electrons. The number of amides is 1. The molecule has 0 saturated carbocycles. The average molecular weight is 321 g/mol. The van der Waals surface area contributed by atoms with Crippen molar-refractivity contribution in [2.45, 2.75) is 27.3 Å². The normalized spacial score (nSPS) is 10.5. The van der Waals surface area contributed by atoms with Crippen LogP contribution in [0.15, 0.2) is 34.9 Å². The maximum atomic E-state index is 12.3. The maximum Gasteiger partial charge on any atom is 0.272 e. The van der Waals surface area contributed by atoms with Crippen molar-refractivity contribution in [2.24, 2.45) is 0 Å². The molecule has 0 atom stereocenters. The van der Waals surface area contributed by atoms with E-state index in [4.69, 9.17) is 0 Å². The summed E-state index contributed by atoms with van der Waals surface area (Å²) in [5, 5.41) is 2.95. The molecule has 0 saturated heterocycles. The Morgan fingerprint density at radius 1 is 1.21 bits per heavy atom. The minimum Gasteiger partial charge on any atom is -0.343 e. The molecule has 1 amide bonds. The zero-order valence-electron chi connectivity index (χ0n) is 11.3. The summed E-state index contributed by atoms with van der Waals surface area (Å²) in [5.74, 6) is -0.0856. The Balaban J connectivity index is 2.25. The molecule has 0 fully saturated rings. The van der Waals surface area contributed by atoms with Gasteiger partial charge in [-0.3, -0.25) is 4.79 Å². The van der Waals surface area contributed by atoms with Gasteiger partial charge in [0.2, 0.25) is 0 Å². The van der Waals surface area contributed by atoms with Gasteiger partial charge in [-0.2, -0.15) is 0 Å². The molecule has 3 nitrogen and oxygen atoms in total. The molecule has 0 aliphatic carbocycles. The van der Waals surface area contributed by atoms with Gasteiger partial charge in [0.05, 0.1) is 0 Å². The fraction of sp³-hybridized carbons (Fsp3) is 0.267. The van der Waals surface area contributed by atoms with E-state index in [-0.39, 0.29) is 5.91 Å². The average Bonchev–Trinajstić information content (AvgIpc) is 2.69. The van der Waals surface area contributed by atoms with Gasteiger partial charge in [-0.25, -0.2) is 0 Å². The predicted octanol–water partition coefficient (Wildman–Crippen LogP) is 4.14. The lowest BCUT2D eigenvalue weighted by molar-refractivity contribution is 0.101. The van der Waals surface area contributed by atoms with E-state index in [0.717, 1.165) is 27.8 Å². The van der Waals surface area contributed by atoms with Crippen LogP contribution in [0.2, 0.25) is 0 Å². The molecule has 19 heavy (non-hydrogen) atoms. The highest BCUT2D eigenvalue weighted by atomic mass is 79.9. The second kappa shape index (κ2) is 5.61. The number of aryl methyl sites for hydroxylation is 3. The van der Waals surface area contributed by atoms with Crippen LogP contribution in [0, 0.1) is 13.8 Å². The van der Waals surface area contributed by atoms with Gasteiger partial charge in [0, 0.05) is 22.9 Å². The second-order valence-electron chi connectivity index (χ2n) is 4.66. The Kier molecular flexibility index (Phi) is 4.10. The van der Waals surface area contributed by atoms with E-state index in [1.54, 1.807) is 0 Å². The van der Waals surface area contributed by atoms with E-state index in [1.807, 2.05) is 49.7 Å². The van der Waals surface area contributed by atoms with Crippen molar-refractivity contribution in [2.75, 3.05) is 5.32 Å². The van der Waals surface area contributed by atoms with Crippen LogP contribution < -0.4 is 5.32 Å². The molecule has 0 radical (unpaired) electrons. The highest BCUT2D eigenvalue weighted by molar-refractivity contribution is 9.10. The number of anilines is 1. The molecular formula is C15H17BrN2O. The van der Waals surface area contributed by atoms with Crippen molar-refractivity contribution in [1.29, 1.82) is 0 Å². The van der Waals surface area contributed by atoms with Crippen LogP contribution in [0.25, 0.3) is 0 Å². The third-order valence-electron chi connectivity index (χ3n) is 2.92. The third-order valence-corrected chi connectivity index (χ3v) is 3.35. The molecule has 4 heteroatoms. The number of nitrogens with zero attached hydrogens (tertiary/aromatic N) is 1. The van der Waals surface area contributed by atoms with Gasteiger partial charge in [0.15, 0.2) is 0 Å². The van der Waals surface area contributed by atoms with Gasteiger partial charge >= 0.3 is 0 Å². The largest absolute Gasteiger partial charge is 0.343 e. The molecule has 0 spiro atoms. The van der Waals surface area contributed by atoms with Gasteiger partial charge in [-0.05, 0) is 66.0 Å². The topological polar surface area (TPSA) is 34.0 Å². The monoisotopic (exact) mass is 320 g/mol. The number of hydrogen-bond donors (Lipinski definition) is 1. The highest BCUT2D eigenvalue weighted by Gasteiger charge is 2.12. The summed E-state index contributed by atoms with van der Waals surface area (Å²) in [6.07, 6.45) is 1.91. The van der Waals surface area contributed by atoms with Crippen LogP contribution in [0.1, 0.15) is 28.5 Å². The van der Waals surface area contributed by atoms with E-state index < -0.39 is 0 Å². The van der Waals surface area contributed by atoms with Gasteiger partial charge < -0.3 is 9.88 Å². The summed E-state index contributed by atoms with van der Waals surface area (Å²) in [6.45, 7) is 6.82. The minimum absolute atomic E-state index is 0.0856. The SMILES string of the molecule is CCn1cc(Br)cc1C(=O)Nc1cc(C)cc(C)c1. The summed E-state index contributed by atoms with van der Waals surface area (Å²) in [7, 11) is 0. The number of halogens is 1. The van der Waals surface area contributed by atoms with Crippen molar-refractivity contribution in [3.8, 4) is 0 Å². The first-order valence-electron chi connectivity index (χ1n) is 6.25. The Labute approximate surface area is 121 Å². The predicted molar refractivity (Wildman–Crippen MR) is 81.7 cm³/mol. The van der Waals surface area contributed by atoms with Crippen LogP contribution in [0.4, 0.5) is 5.69 Å². The van der Waals surface area contributed by atoms with Crippen LogP contribution in [-0.2, 0) is 6.54 Å². The smallest absolute Gasteiger partial charge is 0.272 e. The van der Waals surface area contributed by atoms with Gasteiger partial charge in [0.1, 0.15) is 5.69 Å². The molecule has 1 aromatic carbocycles. The lowest BCUT2D eigenvalue weighted by atomic mass is 10.1. The zero-order chi connectivity index (χ0) is 14.0. The number of carbonyl (C=O) groups excluding carboxylic acids is 1. The van der Waals surface area contributed by atoms with E-state index in [2.05, 4.69) is 27.3 Å². The summed E-state index contributed by atoms with van der Waals surface area (Å²) in [4.78, 5) is 12.3. The number of rotatable bonds is 3. The fourth-order valence-electron chi connectivity index (χ4n) is 2.17. The molecule has 0 aliphatic rings. The maximum absolute atomic E-state index is 12.3. The Hall–Kier alpha value is -1.55. The molecule has 2 aromatic rings. The van der Waals surface area contributed by atoms with Crippen molar-refractivity contribution >= 4 is 27.5 Å². The van der Waals surface area contributed by atoms with E-state index in [1.165, 1.54) is 0 Å². The zero-order valence-corrected chi connectivity index (χ0v) is 12.9. The molecule has 0 bridgehead atoms. The minimum atomic E-state index is -0.0856. The lowest BCUT2D eigenvalue weighted by Crippen LogP contribution is -2.16. The van der Waals surface area contributed by atoms with Crippen LogP contribution in [0.5, 0.6) is 0 Å². The quantitative estimate of drug-likeness (QED) is 0.906. The van der Waals surface area contributed by atoms with E-state index in [9.17, 15) is 4.79 Å². The number of carbonyl (C=O) groups is 1. The number of nitrogens with one attached hydrogen (secondary N) is 1. The second-order valence-corrected chi connectivity index (χ2v) is 5.58. The number of aromatic nitrogens is 1. The summed E-state index contributed by atoms with van der Waals surface area (Å²) in [6, 6.07) is 7.86. The van der Waals surface area contributed by atoms with Gasteiger partial charge in [-0.1, -0.05) is 6.07 Å². The van der Waals surface area contributed by atoms with Crippen LogP contribution >= 0.6 is 15.9 Å². The first-order chi connectivity index (χ1) is 8.99. The molecule has 2 rings (SSSR count). The third kappa shape index (κ3) is 3.26. The van der Waals surface area contributed by atoms with Crippen molar-refractivity contribution in [1.82, 2.24) is 4.57 Å². The van der Waals surface area contributed by atoms with Gasteiger partial charge in [-0.15, -0.1) is 0 Å². The van der Waals surface area contributed by atoms with Crippen LogP contribution in [-0.4, -0.2) is 10.5 Å². The molecular weight excluding hydrogens is 304 g/mol. The van der Waals surface area contributed by atoms with Crippen molar-refractivity contribution in [3.63, 3.8) is 0 Å². The Morgan fingerprint density at radius 3 is 2.42 bits per heavy atom. The van der Waals surface area contributed by atoms with E-state index in [0.29, 0.717) is 5.69 Å². The highest BCUT2D eigenvalue weighted by Crippen LogP contribution is 2.18. The summed E-state index contributed by atoms with van der Waals surface area (Å²) in [5.41, 5.74) is 3.78. The summed E-state index contributed by atoms with van der Waals surface area (Å²) < 4.78 is 2.84. The lowest BCUT2D eigenvalue weighted by Gasteiger charge is -2.09. The molecule has 0 unspecified atom stereocenters. The first-order valence-corrected chi connectivity index (χ1v) is 7.04. The Bertz CT molecular complexity index is 596. The van der Waals surface area contributed by atoms with Crippen LogP contribution in [0.3, 0.4) is 0 Å². The number of benzene rings is 1. The standard InChI is InChI=1S/C15H17BrN2O/c1-4-18-9-12(16)8-14(18)15(19)17-13-6-10(2)5-11(3)7-13/h5-9H,4H2,1-3H3,(H,17,19). The van der Waals surface area contributed by atoms with E-state index >= 15 is 0 Å². The molecule has 1 N–H and O–H groups in total.